The van der Waals surface area contributed by atoms with Crippen LogP contribution in [0.1, 0.15) is 45.2 Å². The van der Waals surface area contributed by atoms with Crippen LogP contribution >= 0.6 is 11.6 Å². The Morgan fingerprint density at radius 2 is 1.53 bits per heavy atom. The van der Waals surface area contributed by atoms with E-state index in [9.17, 15) is 19.2 Å². The number of nitrogens with one attached hydrogen (secondary N) is 1. The van der Waals surface area contributed by atoms with Gasteiger partial charge in [-0.1, -0.05) is 48.9 Å². The number of aryl methyl sites for hydroxylation is 2. The fraction of sp³-hybridized carbons (Fsp3) is 0.172. The first-order valence-corrected chi connectivity index (χ1v) is 12.3. The van der Waals surface area contributed by atoms with E-state index in [0.717, 1.165) is 16.0 Å². The molecule has 1 N–H and O–H groups in total. The van der Waals surface area contributed by atoms with E-state index in [1.165, 1.54) is 24.3 Å². The van der Waals surface area contributed by atoms with Gasteiger partial charge < -0.3 is 14.8 Å². The molecule has 3 aromatic rings. The van der Waals surface area contributed by atoms with E-state index in [2.05, 4.69) is 5.32 Å². The lowest BCUT2D eigenvalue weighted by molar-refractivity contribution is -0.120. The zero-order valence-electron chi connectivity index (χ0n) is 21.0. The Hall–Kier alpha value is -4.43. The summed E-state index contributed by atoms with van der Waals surface area (Å²) in [5, 5.41) is 2.53. The second-order valence-electron chi connectivity index (χ2n) is 8.60. The van der Waals surface area contributed by atoms with Gasteiger partial charge in [0.15, 0.2) is 0 Å². The van der Waals surface area contributed by atoms with Crippen molar-refractivity contribution in [1.29, 1.82) is 0 Å². The summed E-state index contributed by atoms with van der Waals surface area (Å²) in [4.78, 5) is 52.2. The van der Waals surface area contributed by atoms with Gasteiger partial charge in [0.2, 0.25) is 0 Å². The number of carbonyl (C=O) groups is 4. The molecule has 3 aromatic carbocycles. The van der Waals surface area contributed by atoms with Crippen molar-refractivity contribution in [3.8, 4) is 5.75 Å². The number of anilines is 2. The van der Waals surface area contributed by atoms with E-state index in [0.29, 0.717) is 23.4 Å². The first-order chi connectivity index (χ1) is 18.2. The summed E-state index contributed by atoms with van der Waals surface area (Å²) >= 11 is 6.25. The van der Waals surface area contributed by atoms with Crippen LogP contribution in [0.25, 0.3) is 0 Å². The number of amides is 2. The van der Waals surface area contributed by atoms with Gasteiger partial charge in [-0.2, -0.15) is 0 Å². The largest absolute Gasteiger partial charge is 0.462 e. The van der Waals surface area contributed by atoms with Crippen molar-refractivity contribution in [3.63, 3.8) is 0 Å². The third kappa shape index (κ3) is 5.31. The van der Waals surface area contributed by atoms with Crippen LogP contribution in [0.2, 0.25) is 0 Å². The molecular weight excluding hydrogens is 508 g/mol. The molecule has 9 heteroatoms. The van der Waals surface area contributed by atoms with E-state index in [1.54, 1.807) is 24.3 Å². The average molecular weight is 533 g/mol. The van der Waals surface area contributed by atoms with E-state index in [1.807, 2.05) is 39.0 Å². The minimum atomic E-state index is -0.774. The predicted molar refractivity (Wildman–Crippen MR) is 143 cm³/mol. The summed E-state index contributed by atoms with van der Waals surface area (Å²) < 4.78 is 10.8. The van der Waals surface area contributed by atoms with Gasteiger partial charge in [0, 0.05) is 5.69 Å². The first kappa shape index (κ1) is 26.6. The molecule has 194 valence electrons. The molecule has 0 saturated carbocycles. The van der Waals surface area contributed by atoms with Crippen molar-refractivity contribution < 1.29 is 28.7 Å². The van der Waals surface area contributed by atoms with Crippen molar-refractivity contribution >= 4 is 46.7 Å². The van der Waals surface area contributed by atoms with Gasteiger partial charge in [-0.15, -0.1) is 0 Å². The summed E-state index contributed by atoms with van der Waals surface area (Å²) in [5.74, 6) is -2.18. The lowest BCUT2D eigenvalue weighted by Crippen LogP contribution is -2.33. The number of para-hydroxylation sites is 2. The summed E-state index contributed by atoms with van der Waals surface area (Å²) in [7, 11) is 0. The molecule has 2 amide bonds. The van der Waals surface area contributed by atoms with Crippen LogP contribution in [0, 0.1) is 13.8 Å². The monoisotopic (exact) mass is 532 g/mol. The zero-order chi connectivity index (χ0) is 27.4. The van der Waals surface area contributed by atoms with Crippen LogP contribution in [0.4, 0.5) is 11.4 Å². The van der Waals surface area contributed by atoms with Crippen molar-refractivity contribution in [2.24, 2.45) is 0 Å². The predicted octanol–water partition coefficient (Wildman–Crippen LogP) is 5.53. The Labute approximate surface area is 224 Å². The standard InChI is InChI=1S/C29H25ClN2O6/c1-4-16-37-29(36)21-10-5-6-11-22(21)32-26(33)23(30)24(27(32)34)31-20-14-12-19(13-15-20)28(35)38-25-17(2)8-7-9-18(25)3/h5-15,31H,4,16H2,1-3H3. The molecule has 1 heterocycles. The van der Waals surface area contributed by atoms with Gasteiger partial charge >= 0.3 is 11.9 Å². The molecule has 0 aromatic heterocycles. The lowest BCUT2D eigenvalue weighted by Gasteiger charge is -2.18. The molecular formula is C29H25ClN2O6. The van der Waals surface area contributed by atoms with Gasteiger partial charge in [-0.05, 0) is 67.8 Å². The third-order valence-corrected chi connectivity index (χ3v) is 6.17. The number of carbonyl (C=O) groups excluding carboxylic acids is 4. The van der Waals surface area contributed by atoms with E-state index in [-0.39, 0.29) is 28.6 Å². The highest BCUT2D eigenvalue weighted by atomic mass is 35.5. The van der Waals surface area contributed by atoms with Crippen LogP contribution in [0.3, 0.4) is 0 Å². The fourth-order valence-electron chi connectivity index (χ4n) is 3.89. The molecule has 8 nitrogen and oxygen atoms in total. The summed E-state index contributed by atoms with van der Waals surface area (Å²) in [6.07, 6.45) is 0.624. The van der Waals surface area contributed by atoms with Crippen LogP contribution in [-0.2, 0) is 14.3 Å². The van der Waals surface area contributed by atoms with Gasteiger partial charge in [0.25, 0.3) is 11.8 Å². The van der Waals surface area contributed by atoms with E-state index >= 15 is 0 Å². The van der Waals surface area contributed by atoms with Crippen molar-refractivity contribution in [3.05, 3.63) is 99.7 Å². The van der Waals surface area contributed by atoms with Crippen LogP contribution in [0.5, 0.6) is 5.75 Å². The lowest BCUT2D eigenvalue weighted by atomic mass is 10.1. The number of benzene rings is 3. The highest BCUT2D eigenvalue weighted by Gasteiger charge is 2.40. The maximum atomic E-state index is 13.2. The number of nitrogens with zero attached hydrogens (tertiary/aromatic N) is 1. The second kappa shape index (κ2) is 11.3. The second-order valence-corrected chi connectivity index (χ2v) is 8.98. The molecule has 0 spiro atoms. The quantitative estimate of drug-likeness (QED) is 0.231. The van der Waals surface area contributed by atoms with Gasteiger partial charge in [0.05, 0.1) is 23.4 Å². The van der Waals surface area contributed by atoms with Crippen LogP contribution < -0.4 is 15.0 Å². The smallest absolute Gasteiger partial charge is 0.343 e. The minimum absolute atomic E-state index is 0.0696. The number of hydrogen-bond acceptors (Lipinski definition) is 7. The molecule has 0 atom stereocenters. The molecule has 0 radical (unpaired) electrons. The van der Waals surface area contributed by atoms with E-state index < -0.39 is 23.8 Å². The Bertz CT molecular complexity index is 1440. The molecule has 0 saturated heterocycles. The molecule has 0 bridgehead atoms. The Balaban J connectivity index is 1.51. The number of halogens is 1. The molecule has 1 aliphatic rings. The number of imide groups is 1. The average Bonchev–Trinajstić information content (AvgIpc) is 3.12. The molecule has 0 unspecified atom stereocenters. The van der Waals surface area contributed by atoms with E-state index in [4.69, 9.17) is 21.1 Å². The minimum Gasteiger partial charge on any atom is -0.462 e. The molecule has 1 aliphatic heterocycles. The highest BCUT2D eigenvalue weighted by Crippen LogP contribution is 2.32. The number of esters is 2. The highest BCUT2D eigenvalue weighted by molar-refractivity contribution is 6.53. The first-order valence-electron chi connectivity index (χ1n) is 11.9. The van der Waals surface area contributed by atoms with Crippen molar-refractivity contribution in [1.82, 2.24) is 0 Å². The van der Waals surface area contributed by atoms with Crippen molar-refractivity contribution in [2.45, 2.75) is 27.2 Å². The number of hydrogen-bond donors (Lipinski definition) is 1. The Morgan fingerprint density at radius 1 is 0.868 bits per heavy atom. The number of rotatable bonds is 8. The molecule has 4 rings (SSSR count). The zero-order valence-corrected chi connectivity index (χ0v) is 21.8. The maximum Gasteiger partial charge on any atom is 0.343 e. The summed E-state index contributed by atoms with van der Waals surface area (Å²) in [6, 6.07) is 18.0. The van der Waals surface area contributed by atoms with Crippen molar-refractivity contribution in [2.75, 3.05) is 16.8 Å². The van der Waals surface area contributed by atoms with Gasteiger partial charge in [-0.25, -0.2) is 14.5 Å². The fourth-order valence-corrected chi connectivity index (χ4v) is 4.10. The van der Waals surface area contributed by atoms with Gasteiger partial charge in [0.1, 0.15) is 16.5 Å². The topological polar surface area (TPSA) is 102 Å². The Kier molecular flexibility index (Phi) is 7.93. The van der Waals surface area contributed by atoms with Crippen LogP contribution in [0.15, 0.2) is 77.5 Å². The maximum absolute atomic E-state index is 13.2. The molecule has 0 aliphatic carbocycles. The third-order valence-electron chi connectivity index (χ3n) is 5.82. The summed E-state index contributed by atoms with van der Waals surface area (Å²) in [6.45, 7) is 5.77. The molecule has 0 fully saturated rings. The molecule has 38 heavy (non-hydrogen) atoms. The SMILES string of the molecule is CCCOC(=O)c1ccccc1N1C(=O)C(Cl)=C(Nc2ccc(C(=O)Oc3c(C)cccc3C)cc2)C1=O. The summed E-state index contributed by atoms with van der Waals surface area (Å²) in [5.41, 5.74) is 2.39. The van der Waals surface area contributed by atoms with Gasteiger partial charge in [-0.3, -0.25) is 9.59 Å². The number of ether oxygens (including phenoxy) is 2. The van der Waals surface area contributed by atoms with Crippen LogP contribution in [-0.4, -0.2) is 30.4 Å². The Morgan fingerprint density at radius 3 is 2.18 bits per heavy atom. The normalized spacial score (nSPS) is 13.1.